The molecule has 1 aromatic heterocycles. The minimum Gasteiger partial charge on any atom is -0.446 e. The SMILES string of the molecule is CC(CC(C)C)=NNC(=O)c1ccc(C(=O)NN=C(C)CC(C)C)o1. The van der Waals surface area contributed by atoms with Gasteiger partial charge in [0.05, 0.1) is 0 Å². The van der Waals surface area contributed by atoms with Crippen molar-refractivity contribution in [1.29, 1.82) is 0 Å². The predicted octanol–water partition coefficient (Wildman–Crippen LogP) is 3.58. The lowest BCUT2D eigenvalue weighted by molar-refractivity contribution is 0.0902. The Hall–Kier alpha value is -2.44. The Morgan fingerprint density at radius 2 is 1.24 bits per heavy atom. The summed E-state index contributed by atoms with van der Waals surface area (Å²) < 4.78 is 5.27. The third kappa shape index (κ3) is 7.78. The van der Waals surface area contributed by atoms with Gasteiger partial charge in [0.1, 0.15) is 0 Å². The Morgan fingerprint density at radius 1 is 0.880 bits per heavy atom. The van der Waals surface area contributed by atoms with E-state index in [1.807, 2.05) is 13.8 Å². The summed E-state index contributed by atoms with van der Waals surface area (Å²) in [4.78, 5) is 24.0. The number of carbonyl (C=O) groups excluding carboxylic acids is 2. The first-order valence-electron chi connectivity index (χ1n) is 8.45. The number of amides is 2. The van der Waals surface area contributed by atoms with Gasteiger partial charge in [-0.05, 0) is 50.7 Å². The van der Waals surface area contributed by atoms with Crippen LogP contribution in [-0.4, -0.2) is 23.2 Å². The van der Waals surface area contributed by atoms with Gasteiger partial charge in [0.2, 0.25) is 0 Å². The molecule has 25 heavy (non-hydrogen) atoms. The topological polar surface area (TPSA) is 96.1 Å². The summed E-state index contributed by atoms with van der Waals surface area (Å²) in [6, 6.07) is 2.87. The summed E-state index contributed by atoms with van der Waals surface area (Å²) in [6.45, 7) is 12.0. The predicted molar refractivity (Wildman–Crippen MR) is 98.8 cm³/mol. The summed E-state index contributed by atoms with van der Waals surface area (Å²) in [5.74, 6) is -0.0370. The van der Waals surface area contributed by atoms with Gasteiger partial charge in [-0.3, -0.25) is 9.59 Å². The fourth-order valence-electron chi connectivity index (χ4n) is 2.26. The Labute approximate surface area is 148 Å². The molecule has 0 bridgehead atoms. The van der Waals surface area contributed by atoms with Crippen molar-refractivity contribution in [2.75, 3.05) is 0 Å². The summed E-state index contributed by atoms with van der Waals surface area (Å²) in [7, 11) is 0. The number of nitrogens with zero attached hydrogens (tertiary/aromatic N) is 2. The third-order valence-corrected chi connectivity index (χ3v) is 3.16. The smallest absolute Gasteiger partial charge is 0.307 e. The van der Waals surface area contributed by atoms with Gasteiger partial charge in [-0.25, -0.2) is 10.9 Å². The molecule has 0 saturated heterocycles. The van der Waals surface area contributed by atoms with Crippen molar-refractivity contribution in [3.63, 3.8) is 0 Å². The average Bonchev–Trinajstić information content (AvgIpc) is 2.99. The van der Waals surface area contributed by atoms with Gasteiger partial charge in [-0.1, -0.05) is 27.7 Å². The summed E-state index contributed by atoms with van der Waals surface area (Å²) in [6.07, 6.45) is 1.58. The number of hydrazone groups is 2. The quantitative estimate of drug-likeness (QED) is 0.555. The normalized spacial score (nSPS) is 12.6. The molecule has 7 heteroatoms. The number of hydrogen-bond acceptors (Lipinski definition) is 5. The van der Waals surface area contributed by atoms with Gasteiger partial charge in [0, 0.05) is 11.4 Å². The lowest BCUT2D eigenvalue weighted by Crippen LogP contribution is -2.20. The molecule has 0 atom stereocenters. The molecular formula is C18H28N4O3. The molecule has 2 amide bonds. The zero-order chi connectivity index (χ0) is 19.0. The standard InChI is InChI=1S/C18H28N4O3/c1-11(2)9-13(5)19-21-17(23)15-7-8-16(25-15)18(24)22-20-14(6)10-12(3)4/h7-8,11-12H,9-10H2,1-6H3,(H,21,23)(H,22,24). The van der Waals surface area contributed by atoms with Crippen LogP contribution in [0.4, 0.5) is 0 Å². The molecule has 0 saturated carbocycles. The molecule has 0 aliphatic heterocycles. The first kappa shape index (κ1) is 20.6. The molecule has 1 rings (SSSR count). The van der Waals surface area contributed by atoms with E-state index in [9.17, 15) is 9.59 Å². The monoisotopic (exact) mass is 348 g/mol. The fraction of sp³-hybridized carbons (Fsp3) is 0.556. The van der Waals surface area contributed by atoms with Crippen LogP contribution < -0.4 is 10.9 Å². The van der Waals surface area contributed by atoms with Crippen LogP contribution in [-0.2, 0) is 0 Å². The maximum atomic E-state index is 12.0. The van der Waals surface area contributed by atoms with Crippen LogP contribution in [0.1, 0.15) is 75.5 Å². The summed E-state index contributed by atoms with van der Waals surface area (Å²) in [5.41, 5.74) is 6.49. The number of rotatable bonds is 8. The van der Waals surface area contributed by atoms with Crippen molar-refractivity contribution < 1.29 is 14.0 Å². The van der Waals surface area contributed by atoms with Crippen molar-refractivity contribution in [3.05, 3.63) is 23.7 Å². The van der Waals surface area contributed by atoms with Crippen molar-refractivity contribution in [2.24, 2.45) is 22.0 Å². The zero-order valence-corrected chi connectivity index (χ0v) is 15.8. The molecule has 0 aliphatic carbocycles. The molecular weight excluding hydrogens is 320 g/mol. The van der Waals surface area contributed by atoms with Crippen molar-refractivity contribution >= 4 is 23.2 Å². The third-order valence-electron chi connectivity index (χ3n) is 3.16. The molecule has 1 heterocycles. The highest BCUT2D eigenvalue weighted by molar-refractivity contribution is 5.96. The van der Waals surface area contributed by atoms with E-state index in [0.717, 1.165) is 24.3 Å². The molecule has 0 aliphatic rings. The van der Waals surface area contributed by atoms with Gasteiger partial charge < -0.3 is 4.42 Å². The molecule has 0 unspecified atom stereocenters. The Bertz CT molecular complexity index is 603. The highest BCUT2D eigenvalue weighted by Crippen LogP contribution is 2.08. The Balaban J connectivity index is 2.63. The van der Waals surface area contributed by atoms with Crippen LogP contribution in [0.2, 0.25) is 0 Å². The molecule has 7 nitrogen and oxygen atoms in total. The maximum Gasteiger partial charge on any atom is 0.307 e. The molecule has 1 aromatic rings. The van der Waals surface area contributed by atoms with Crippen molar-refractivity contribution in [1.82, 2.24) is 10.9 Å². The summed E-state index contributed by atoms with van der Waals surface area (Å²) in [5, 5.41) is 8.03. The zero-order valence-electron chi connectivity index (χ0n) is 15.8. The average molecular weight is 348 g/mol. The largest absolute Gasteiger partial charge is 0.446 e. The van der Waals surface area contributed by atoms with E-state index < -0.39 is 11.8 Å². The second-order valence-corrected chi connectivity index (χ2v) is 6.94. The van der Waals surface area contributed by atoms with Gasteiger partial charge >= 0.3 is 11.8 Å². The first-order valence-corrected chi connectivity index (χ1v) is 8.45. The minimum atomic E-state index is -0.498. The van der Waals surface area contributed by atoms with E-state index in [-0.39, 0.29) is 11.5 Å². The van der Waals surface area contributed by atoms with E-state index >= 15 is 0 Å². The lowest BCUT2D eigenvalue weighted by atomic mass is 10.1. The molecule has 0 fully saturated rings. The van der Waals surface area contributed by atoms with Crippen LogP contribution in [0.25, 0.3) is 0 Å². The molecule has 0 radical (unpaired) electrons. The Kier molecular flexibility index (Phi) is 8.04. The highest BCUT2D eigenvalue weighted by atomic mass is 16.4. The van der Waals surface area contributed by atoms with Crippen LogP contribution in [0.15, 0.2) is 26.8 Å². The van der Waals surface area contributed by atoms with E-state index in [1.54, 1.807) is 0 Å². The number of carbonyl (C=O) groups is 2. The van der Waals surface area contributed by atoms with Crippen LogP contribution in [0, 0.1) is 11.8 Å². The van der Waals surface area contributed by atoms with Gasteiger partial charge in [0.25, 0.3) is 0 Å². The fourth-order valence-corrected chi connectivity index (χ4v) is 2.26. The van der Waals surface area contributed by atoms with Crippen LogP contribution >= 0.6 is 0 Å². The number of furan rings is 1. The van der Waals surface area contributed by atoms with Gasteiger partial charge in [-0.2, -0.15) is 10.2 Å². The maximum absolute atomic E-state index is 12.0. The van der Waals surface area contributed by atoms with Gasteiger partial charge in [-0.15, -0.1) is 0 Å². The molecule has 0 aromatic carbocycles. The molecule has 138 valence electrons. The van der Waals surface area contributed by atoms with Crippen LogP contribution in [0.5, 0.6) is 0 Å². The van der Waals surface area contributed by atoms with E-state index in [2.05, 4.69) is 48.7 Å². The van der Waals surface area contributed by atoms with Crippen molar-refractivity contribution in [2.45, 2.75) is 54.4 Å². The highest BCUT2D eigenvalue weighted by Gasteiger charge is 2.15. The van der Waals surface area contributed by atoms with Crippen LogP contribution in [0.3, 0.4) is 0 Å². The van der Waals surface area contributed by atoms with E-state index in [1.165, 1.54) is 12.1 Å². The minimum absolute atomic E-state index is 0.0223. The van der Waals surface area contributed by atoms with E-state index in [0.29, 0.717) is 11.8 Å². The Morgan fingerprint density at radius 3 is 1.56 bits per heavy atom. The first-order chi connectivity index (χ1) is 11.7. The van der Waals surface area contributed by atoms with Gasteiger partial charge in [0.15, 0.2) is 11.5 Å². The lowest BCUT2D eigenvalue weighted by Gasteiger charge is -2.04. The number of nitrogens with one attached hydrogen (secondary N) is 2. The van der Waals surface area contributed by atoms with Crippen molar-refractivity contribution in [3.8, 4) is 0 Å². The number of hydrogen-bond donors (Lipinski definition) is 2. The molecule has 0 spiro atoms. The summed E-state index contributed by atoms with van der Waals surface area (Å²) >= 11 is 0. The second-order valence-electron chi connectivity index (χ2n) is 6.94. The second kappa shape index (κ2) is 9.76. The molecule has 2 N–H and O–H groups in total. The van der Waals surface area contributed by atoms with E-state index in [4.69, 9.17) is 4.42 Å².